The molecule has 0 bridgehead atoms. The first kappa shape index (κ1) is 28.2. The fraction of sp³-hybridized carbons (Fsp3) is 0.130. The van der Waals surface area contributed by atoms with Gasteiger partial charge in [0, 0.05) is 38.4 Å². The molecule has 49 heavy (non-hydrogen) atoms. The summed E-state index contributed by atoms with van der Waals surface area (Å²) in [4.78, 5) is 10.1. The first-order valence-corrected chi connectivity index (χ1v) is 17.5. The summed E-state index contributed by atoms with van der Waals surface area (Å²) in [7, 11) is 0. The van der Waals surface area contributed by atoms with Crippen LogP contribution >= 0.6 is 0 Å². The third-order valence-corrected chi connectivity index (χ3v) is 10.9. The molecule has 3 heteroatoms. The Kier molecular flexibility index (Phi) is 6.42. The van der Waals surface area contributed by atoms with Gasteiger partial charge in [0.1, 0.15) is 11.2 Å². The van der Waals surface area contributed by atoms with Gasteiger partial charge in [-0.1, -0.05) is 141 Å². The first-order valence-electron chi connectivity index (χ1n) is 17.5. The van der Waals surface area contributed by atoms with Crippen LogP contribution in [0.5, 0.6) is 0 Å². The number of rotatable bonds is 4. The second-order valence-corrected chi connectivity index (χ2v) is 13.6. The van der Waals surface area contributed by atoms with E-state index in [1.807, 2.05) is 24.3 Å². The van der Waals surface area contributed by atoms with Crippen LogP contribution < -0.4 is 0 Å². The van der Waals surface area contributed by atoms with Gasteiger partial charge in [0.2, 0.25) is 0 Å². The molecule has 1 spiro atoms. The minimum absolute atomic E-state index is 0.117. The van der Waals surface area contributed by atoms with E-state index in [-0.39, 0.29) is 5.41 Å². The highest BCUT2D eigenvalue weighted by atomic mass is 16.3. The number of furan rings is 1. The van der Waals surface area contributed by atoms with Crippen molar-refractivity contribution >= 4 is 21.9 Å². The Labute approximate surface area is 285 Å². The van der Waals surface area contributed by atoms with Gasteiger partial charge in [-0.15, -0.1) is 0 Å². The smallest absolute Gasteiger partial charge is 0.160 e. The molecule has 8 aromatic rings. The molecule has 0 unspecified atom stereocenters. The predicted molar refractivity (Wildman–Crippen MR) is 200 cm³/mol. The molecule has 0 amide bonds. The molecule has 234 valence electrons. The summed E-state index contributed by atoms with van der Waals surface area (Å²) in [6.45, 7) is 0. The highest BCUT2D eigenvalue weighted by Crippen LogP contribution is 2.58. The van der Waals surface area contributed by atoms with E-state index >= 15 is 0 Å². The lowest BCUT2D eigenvalue weighted by Crippen LogP contribution is -2.27. The zero-order chi connectivity index (χ0) is 32.4. The molecular weight excluding hydrogens is 597 g/mol. The topological polar surface area (TPSA) is 38.9 Å². The van der Waals surface area contributed by atoms with Crippen molar-refractivity contribution in [1.29, 1.82) is 0 Å². The van der Waals surface area contributed by atoms with E-state index in [2.05, 4.69) is 121 Å². The summed E-state index contributed by atoms with van der Waals surface area (Å²) in [6.07, 6.45) is 6.34. The summed E-state index contributed by atoms with van der Waals surface area (Å²) >= 11 is 0. The standard InChI is InChI=1S/C46H34N2O/c1-4-14-30(15-5-1)40-29-41(48-45(47-40)31-16-6-2-7-17-31)32-24-25-42-37(28-32)35-21-12-20-34(44(35)49-42)33-19-13-23-39-43(33)36-18-8-9-22-38(36)46(39)26-10-3-11-27-46/h1-2,4-9,12-25,28-29H,3,10-11,26-27H2. The van der Waals surface area contributed by atoms with Crippen LogP contribution in [-0.4, -0.2) is 9.97 Å². The van der Waals surface area contributed by atoms with Crippen LogP contribution in [0, 0.1) is 0 Å². The fourth-order valence-corrected chi connectivity index (χ4v) is 8.66. The monoisotopic (exact) mass is 630 g/mol. The van der Waals surface area contributed by atoms with Crippen LogP contribution in [0.2, 0.25) is 0 Å². The van der Waals surface area contributed by atoms with Gasteiger partial charge in [-0.3, -0.25) is 0 Å². The average Bonchev–Trinajstić information content (AvgIpc) is 3.69. The van der Waals surface area contributed by atoms with Gasteiger partial charge in [0.15, 0.2) is 5.82 Å². The summed E-state index contributed by atoms with van der Waals surface area (Å²) in [5.41, 5.74) is 15.0. The van der Waals surface area contributed by atoms with Gasteiger partial charge in [-0.2, -0.15) is 0 Å². The van der Waals surface area contributed by atoms with Gasteiger partial charge in [0.25, 0.3) is 0 Å². The highest BCUT2D eigenvalue weighted by Gasteiger charge is 2.44. The number of nitrogens with zero attached hydrogens (tertiary/aromatic N) is 2. The number of hydrogen-bond donors (Lipinski definition) is 0. The van der Waals surface area contributed by atoms with Gasteiger partial charge in [-0.25, -0.2) is 9.97 Å². The van der Waals surface area contributed by atoms with E-state index in [0.29, 0.717) is 5.82 Å². The van der Waals surface area contributed by atoms with Crippen molar-refractivity contribution in [3.63, 3.8) is 0 Å². The minimum atomic E-state index is 0.117. The van der Waals surface area contributed by atoms with Crippen molar-refractivity contribution in [3.8, 4) is 56.2 Å². The Bertz CT molecular complexity index is 2470. The van der Waals surface area contributed by atoms with E-state index in [1.165, 1.54) is 59.9 Å². The molecular formula is C46H34N2O. The SMILES string of the molecule is c1ccc(-c2cc(-c3ccc4oc5c(-c6cccc7c6-c6ccccc6C76CCCCC6)cccc5c4c3)nc(-c3ccccc3)n2)cc1. The van der Waals surface area contributed by atoms with Crippen LogP contribution in [0.15, 0.2) is 150 Å². The van der Waals surface area contributed by atoms with Crippen LogP contribution in [0.1, 0.15) is 43.2 Å². The van der Waals surface area contributed by atoms with E-state index < -0.39 is 0 Å². The molecule has 2 aromatic heterocycles. The molecule has 0 radical (unpaired) electrons. The second-order valence-electron chi connectivity index (χ2n) is 13.6. The molecule has 2 heterocycles. The van der Waals surface area contributed by atoms with Gasteiger partial charge in [0.05, 0.1) is 11.4 Å². The third kappa shape index (κ3) is 4.42. The number of aromatic nitrogens is 2. The van der Waals surface area contributed by atoms with Gasteiger partial charge in [-0.05, 0) is 64.9 Å². The molecule has 0 saturated heterocycles. The number of benzene rings is 6. The maximum Gasteiger partial charge on any atom is 0.160 e. The lowest BCUT2D eigenvalue weighted by atomic mass is 9.68. The Hall–Kier alpha value is -5.80. The molecule has 3 nitrogen and oxygen atoms in total. The van der Waals surface area contributed by atoms with Crippen molar-refractivity contribution in [1.82, 2.24) is 9.97 Å². The van der Waals surface area contributed by atoms with Crippen LogP contribution in [0.25, 0.3) is 78.1 Å². The van der Waals surface area contributed by atoms with E-state index in [9.17, 15) is 0 Å². The van der Waals surface area contributed by atoms with E-state index in [4.69, 9.17) is 14.4 Å². The summed E-state index contributed by atoms with van der Waals surface area (Å²) in [6, 6.07) is 51.8. The zero-order valence-electron chi connectivity index (χ0n) is 27.2. The molecule has 2 aliphatic rings. The Morgan fingerprint density at radius 3 is 1.94 bits per heavy atom. The van der Waals surface area contributed by atoms with Crippen molar-refractivity contribution in [3.05, 3.63) is 157 Å². The fourth-order valence-electron chi connectivity index (χ4n) is 8.66. The quantitative estimate of drug-likeness (QED) is 0.194. The second kappa shape index (κ2) is 11.1. The Morgan fingerprint density at radius 2 is 1.12 bits per heavy atom. The lowest BCUT2D eigenvalue weighted by Gasteiger charge is -2.36. The summed E-state index contributed by atoms with van der Waals surface area (Å²) in [5, 5.41) is 2.21. The third-order valence-electron chi connectivity index (χ3n) is 10.9. The summed E-state index contributed by atoms with van der Waals surface area (Å²) in [5.74, 6) is 0.713. The number of hydrogen-bond acceptors (Lipinski definition) is 3. The molecule has 1 fully saturated rings. The predicted octanol–water partition coefficient (Wildman–Crippen LogP) is 12.3. The van der Waals surface area contributed by atoms with Crippen molar-refractivity contribution in [2.24, 2.45) is 0 Å². The minimum Gasteiger partial charge on any atom is -0.455 e. The highest BCUT2D eigenvalue weighted by molar-refractivity contribution is 6.12. The van der Waals surface area contributed by atoms with Crippen LogP contribution in [0.3, 0.4) is 0 Å². The molecule has 0 aliphatic heterocycles. The average molecular weight is 631 g/mol. The van der Waals surface area contributed by atoms with Gasteiger partial charge < -0.3 is 4.42 Å². The molecule has 6 aromatic carbocycles. The number of para-hydroxylation sites is 1. The largest absolute Gasteiger partial charge is 0.455 e. The maximum absolute atomic E-state index is 6.77. The van der Waals surface area contributed by atoms with E-state index in [1.54, 1.807) is 0 Å². The molecule has 0 atom stereocenters. The van der Waals surface area contributed by atoms with Crippen LogP contribution in [0.4, 0.5) is 0 Å². The molecule has 2 aliphatic carbocycles. The van der Waals surface area contributed by atoms with Crippen molar-refractivity contribution in [2.75, 3.05) is 0 Å². The van der Waals surface area contributed by atoms with Gasteiger partial charge >= 0.3 is 0 Å². The van der Waals surface area contributed by atoms with Crippen molar-refractivity contribution < 1.29 is 4.42 Å². The first-order chi connectivity index (χ1) is 24.3. The maximum atomic E-state index is 6.77. The van der Waals surface area contributed by atoms with Crippen molar-refractivity contribution in [2.45, 2.75) is 37.5 Å². The molecule has 10 rings (SSSR count). The molecule has 1 saturated carbocycles. The Morgan fingerprint density at radius 1 is 0.469 bits per heavy atom. The molecule has 0 N–H and O–H groups in total. The lowest BCUT2D eigenvalue weighted by molar-refractivity contribution is 0.353. The zero-order valence-corrected chi connectivity index (χ0v) is 27.2. The van der Waals surface area contributed by atoms with E-state index in [0.717, 1.165) is 55.6 Å². The normalized spacial score (nSPS) is 14.7. The van der Waals surface area contributed by atoms with Crippen LogP contribution in [-0.2, 0) is 5.41 Å². The summed E-state index contributed by atoms with van der Waals surface area (Å²) < 4.78 is 6.77. The number of fused-ring (bicyclic) bond motifs is 8. The Balaban J connectivity index is 1.14.